The van der Waals surface area contributed by atoms with Crippen molar-refractivity contribution < 1.29 is 9.50 Å². The summed E-state index contributed by atoms with van der Waals surface area (Å²) in [6, 6.07) is 8.13. The summed E-state index contributed by atoms with van der Waals surface area (Å²) in [4.78, 5) is 0. The molecule has 1 aromatic heterocycles. The van der Waals surface area contributed by atoms with Gasteiger partial charge in [0.05, 0.1) is 11.8 Å². The molecule has 0 spiro atoms. The molecule has 0 aliphatic carbocycles. The molecule has 0 fully saturated rings. The predicted octanol–water partition coefficient (Wildman–Crippen LogP) is 2.35. The summed E-state index contributed by atoms with van der Waals surface area (Å²) in [5, 5.41) is 17.5. The minimum Gasteiger partial charge on any atom is -0.387 e. The lowest BCUT2D eigenvalue weighted by Gasteiger charge is -2.12. The summed E-state index contributed by atoms with van der Waals surface area (Å²) in [5.74, 6) is -0.323. The van der Waals surface area contributed by atoms with Gasteiger partial charge >= 0.3 is 0 Å². The van der Waals surface area contributed by atoms with Crippen LogP contribution >= 0.6 is 0 Å². The van der Waals surface area contributed by atoms with Crippen LogP contribution in [0.25, 0.3) is 0 Å². The summed E-state index contributed by atoms with van der Waals surface area (Å²) in [6.45, 7) is 6.08. The molecule has 0 bridgehead atoms. The minimum absolute atomic E-state index is 0.323. The van der Waals surface area contributed by atoms with E-state index in [0.29, 0.717) is 12.1 Å². The smallest absolute Gasteiger partial charge is 0.123 e. The normalized spacial score (nSPS) is 12.6. The SMILES string of the molecule is Cc1cc(C)n(CCCNCC(O)c2cccc(F)c2)n1. The number of aromatic nitrogens is 2. The third-order valence-electron chi connectivity index (χ3n) is 3.40. The molecule has 1 heterocycles. The van der Waals surface area contributed by atoms with E-state index in [0.717, 1.165) is 30.9 Å². The molecule has 0 radical (unpaired) electrons. The zero-order chi connectivity index (χ0) is 15.2. The number of hydrogen-bond acceptors (Lipinski definition) is 3. The molecule has 4 nitrogen and oxygen atoms in total. The molecule has 0 amide bonds. The van der Waals surface area contributed by atoms with Crippen LogP contribution in [0.2, 0.25) is 0 Å². The van der Waals surface area contributed by atoms with Gasteiger partial charge in [-0.05, 0) is 50.6 Å². The van der Waals surface area contributed by atoms with Crippen molar-refractivity contribution in [3.05, 3.63) is 53.1 Å². The number of benzene rings is 1. The lowest BCUT2D eigenvalue weighted by atomic mass is 10.1. The van der Waals surface area contributed by atoms with Crippen LogP contribution in [0.15, 0.2) is 30.3 Å². The Morgan fingerprint density at radius 3 is 2.81 bits per heavy atom. The molecule has 0 saturated carbocycles. The van der Waals surface area contributed by atoms with Crippen LogP contribution < -0.4 is 5.32 Å². The molecular formula is C16H22FN3O. The minimum atomic E-state index is -0.686. The lowest BCUT2D eigenvalue weighted by Crippen LogP contribution is -2.23. The topological polar surface area (TPSA) is 50.1 Å². The first-order valence-electron chi connectivity index (χ1n) is 7.21. The summed E-state index contributed by atoms with van der Waals surface area (Å²) < 4.78 is 15.0. The first kappa shape index (κ1) is 15.7. The van der Waals surface area contributed by atoms with Gasteiger partial charge < -0.3 is 10.4 Å². The first-order valence-corrected chi connectivity index (χ1v) is 7.21. The van der Waals surface area contributed by atoms with Gasteiger partial charge in [-0.2, -0.15) is 5.10 Å². The molecule has 1 aromatic carbocycles. The van der Waals surface area contributed by atoms with Crippen molar-refractivity contribution in [2.45, 2.75) is 32.9 Å². The van der Waals surface area contributed by atoms with E-state index < -0.39 is 6.10 Å². The van der Waals surface area contributed by atoms with E-state index >= 15 is 0 Å². The fourth-order valence-electron chi connectivity index (χ4n) is 2.33. The summed E-state index contributed by atoms with van der Waals surface area (Å²) in [7, 11) is 0. The Morgan fingerprint density at radius 2 is 2.14 bits per heavy atom. The zero-order valence-corrected chi connectivity index (χ0v) is 12.5. The van der Waals surface area contributed by atoms with E-state index in [4.69, 9.17) is 0 Å². The van der Waals surface area contributed by atoms with Crippen LogP contribution in [0.4, 0.5) is 4.39 Å². The predicted molar refractivity (Wildman–Crippen MR) is 80.5 cm³/mol. The largest absolute Gasteiger partial charge is 0.387 e. The van der Waals surface area contributed by atoms with Crippen LogP contribution in [0.1, 0.15) is 29.5 Å². The Hall–Kier alpha value is -1.72. The van der Waals surface area contributed by atoms with Gasteiger partial charge in [-0.3, -0.25) is 4.68 Å². The molecule has 2 rings (SSSR count). The number of nitrogens with one attached hydrogen (secondary N) is 1. The van der Waals surface area contributed by atoms with E-state index in [1.165, 1.54) is 12.1 Å². The average molecular weight is 291 g/mol. The van der Waals surface area contributed by atoms with Crippen molar-refractivity contribution >= 4 is 0 Å². The number of aliphatic hydroxyl groups excluding tert-OH is 1. The third-order valence-corrected chi connectivity index (χ3v) is 3.40. The molecule has 114 valence electrons. The molecule has 21 heavy (non-hydrogen) atoms. The van der Waals surface area contributed by atoms with Gasteiger partial charge in [-0.1, -0.05) is 12.1 Å². The highest BCUT2D eigenvalue weighted by Crippen LogP contribution is 2.12. The standard InChI is InChI=1S/C16H22FN3O/c1-12-9-13(2)20(19-12)8-4-7-18-11-16(21)14-5-3-6-15(17)10-14/h3,5-6,9-10,16,18,21H,4,7-8,11H2,1-2H3. The van der Waals surface area contributed by atoms with E-state index in [9.17, 15) is 9.50 Å². The second-order valence-electron chi connectivity index (χ2n) is 5.28. The average Bonchev–Trinajstić information content (AvgIpc) is 2.76. The van der Waals surface area contributed by atoms with Crippen molar-refractivity contribution in [3.63, 3.8) is 0 Å². The number of aliphatic hydroxyl groups is 1. The number of hydrogen-bond donors (Lipinski definition) is 2. The molecule has 2 N–H and O–H groups in total. The second-order valence-corrected chi connectivity index (χ2v) is 5.28. The van der Waals surface area contributed by atoms with E-state index in [-0.39, 0.29) is 5.82 Å². The molecule has 0 saturated heterocycles. The van der Waals surface area contributed by atoms with Crippen LogP contribution in [0.5, 0.6) is 0 Å². The monoisotopic (exact) mass is 291 g/mol. The highest BCUT2D eigenvalue weighted by atomic mass is 19.1. The van der Waals surface area contributed by atoms with Crippen LogP contribution in [0.3, 0.4) is 0 Å². The van der Waals surface area contributed by atoms with Gasteiger partial charge in [0.1, 0.15) is 5.82 Å². The Bertz CT molecular complexity index is 583. The summed E-state index contributed by atoms with van der Waals surface area (Å²) in [5.41, 5.74) is 2.79. The van der Waals surface area contributed by atoms with Crippen molar-refractivity contribution in [2.75, 3.05) is 13.1 Å². The van der Waals surface area contributed by atoms with Gasteiger partial charge in [0.15, 0.2) is 0 Å². The van der Waals surface area contributed by atoms with E-state index in [1.807, 2.05) is 18.5 Å². The first-order chi connectivity index (χ1) is 10.1. The summed E-state index contributed by atoms with van der Waals surface area (Å²) >= 11 is 0. The highest BCUT2D eigenvalue weighted by molar-refractivity contribution is 5.18. The number of aryl methyl sites for hydroxylation is 3. The Balaban J connectivity index is 1.69. The van der Waals surface area contributed by atoms with Crippen molar-refractivity contribution in [2.24, 2.45) is 0 Å². The van der Waals surface area contributed by atoms with E-state index in [1.54, 1.807) is 12.1 Å². The second kappa shape index (κ2) is 7.33. The highest BCUT2D eigenvalue weighted by Gasteiger charge is 2.07. The third kappa shape index (κ3) is 4.65. The van der Waals surface area contributed by atoms with Gasteiger partial charge in [-0.25, -0.2) is 4.39 Å². The molecule has 1 atom stereocenters. The maximum atomic E-state index is 13.1. The van der Waals surface area contributed by atoms with Gasteiger partial charge in [-0.15, -0.1) is 0 Å². The Labute approximate surface area is 124 Å². The van der Waals surface area contributed by atoms with Crippen molar-refractivity contribution in [3.8, 4) is 0 Å². The maximum absolute atomic E-state index is 13.1. The van der Waals surface area contributed by atoms with Crippen LogP contribution in [-0.2, 0) is 6.54 Å². The fraction of sp³-hybridized carbons (Fsp3) is 0.438. The molecule has 5 heteroatoms. The molecule has 0 aliphatic rings. The van der Waals surface area contributed by atoms with Gasteiger partial charge in [0.25, 0.3) is 0 Å². The Morgan fingerprint density at radius 1 is 1.33 bits per heavy atom. The number of halogens is 1. The fourth-order valence-corrected chi connectivity index (χ4v) is 2.33. The van der Waals surface area contributed by atoms with Crippen molar-refractivity contribution in [1.82, 2.24) is 15.1 Å². The van der Waals surface area contributed by atoms with Gasteiger partial charge in [0.2, 0.25) is 0 Å². The van der Waals surface area contributed by atoms with Crippen LogP contribution in [0, 0.1) is 19.7 Å². The quantitative estimate of drug-likeness (QED) is 0.770. The Kier molecular flexibility index (Phi) is 5.47. The lowest BCUT2D eigenvalue weighted by molar-refractivity contribution is 0.174. The number of nitrogens with zero attached hydrogens (tertiary/aromatic N) is 2. The van der Waals surface area contributed by atoms with Crippen LogP contribution in [-0.4, -0.2) is 28.0 Å². The van der Waals surface area contributed by atoms with Crippen molar-refractivity contribution in [1.29, 1.82) is 0 Å². The molecular weight excluding hydrogens is 269 g/mol. The molecule has 1 unspecified atom stereocenters. The van der Waals surface area contributed by atoms with Gasteiger partial charge in [0, 0.05) is 18.8 Å². The van der Waals surface area contributed by atoms with E-state index in [2.05, 4.69) is 16.5 Å². The summed E-state index contributed by atoms with van der Waals surface area (Å²) in [6.07, 6.45) is 0.243. The molecule has 0 aliphatic heterocycles. The maximum Gasteiger partial charge on any atom is 0.123 e. The number of rotatable bonds is 7. The zero-order valence-electron chi connectivity index (χ0n) is 12.5. The molecule has 2 aromatic rings.